The van der Waals surface area contributed by atoms with Crippen molar-refractivity contribution in [3.05, 3.63) is 35.1 Å². The number of hydroxylamine groups is 1. The Balaban J connectivity index is 2.24. The summed E-state index contributed by atoms with van der Waals surface area (Å²) < 4.78 is 18.3. The zero-order valence-corrected chi connectivity index (χ0v) is 9.11. The third-order valence-corrected chi connectivity index (χ3v) is 2.47. The van der Waals surface area contributed by atoms with Crippen molar-refractivity contribution in [1.29, 1.82) is 0 Å². The molecule has 1 aliphatic heterocycles. The molecule has 5 nitrogen and oxygen atoms in total. The van der Waals surface area contributed by atoms with E-state index in [0.717, 1.165) is 0 Å². The number of nitrogens with zero attached hydrogens (tertiary/aromatic N) is 1. The minimum absolute atomic E-state index is 0.0676. The van der Waals surface area contributed by atoms with Crippen molar-refractivity contribution < 1.29 is 19.1 Å². The van der Waals surface area contributed by atoms with E-state index in [9.17, 15) is 9.18 Å². The minimum atomic E-state index is -0.764. The Kier molecular flexibility index (Phi) is 3.06. The predicted octanol–water partition coefficient (Wildman–Crippen LogP) is 0.785. The summed E-state index contributed by atoms with van der Waals surface area (Å²) in [4.78, 5) is 15.1. The number of hydrogen-bond donors (Lipinski definition) is 2. The maximum Gasteiger partial charge on any atom is 0.271 e. The Morgan fingerprint density at radius 3 is 3.06 bits per heavy atom. The number of rotatable bonds is 2. The van der Waals surface area contributed by atoms with Gasteiger partial charge in [0, 0.05) is 5.56 Å². The van der Waals surface area contributed by atoms with E-state index in [1.54, 1.807) is 13.0 Å². The van der Waals surface area contributed by atoms with Crippen molar-refractivity contribution in [3.8, 4) is 0 Å². The number of nitrogens with one attached hydrogen (secondary N) is 1. The summed E-state index contributed by atoms with van der Waals surface area (Å²) in [5, 5.41) is 8.46. The van der Waals surface area contributed by atoms with E-state index in [-0.39, 0.29) is 18.3 Å². The van der Waals surface area contributed by atoms with Crippen LogP contribution in [-0.2, 0) is 9.53 Å². The molecule has 0 saturated carbocycles. The Morgan fingerprint density at radius 2 is 2.41 bits per heavy atom. The van der Waals surface area contributed by atoms with Gasteiger partial charge in [0.25, 0.3) is 5.91 Å². The number of hydrogen-bond acceptors (Lipinski definition) is 4. The summed E-state index contributed by atoms with van der Waals surface area (Å²) in [5.41, 5.74) is 2.60. The predicted molar refractivity (Wildman–Crippen MR) is 57.3 cm³/mol. The lowest BCUT2D eigenvalue weighted by molar-refractivity contribution is -0.130. The monoisotopic (exact) mass is 238 g/mol. The number of halogens is 1. The van der Waals surface area contributed by atoms with E-state index < -0.39 is 11.9 Å². The molecule has 0 spiro atoms. The molecule has 1 heterocycles. The first kappa shape index (κ1) is 11.5. The van der Waals surface area contributed by atoms with Crippen LogP contribution in [0.15, 0.2) is 23.2 Å². The summed E-state index contributed by atoms with van der Waals surface area (Å²) in [7, 11) is 0. The first-order valence-electron chi connectivity index (χ1n) is 5.03. The fourth-order valence-corrected chi connectivity index (χ4v) is 1.52. The average Bonchev–Trinajstić information content (AvgIpc) is 2.81. The molecule has 1 atom stereocenters. The molecular weight excluding hydrogens is 227 g/mol. The molecule has 2 rings (SSSR count). The lowest BCUT2D eigenvalue weighted by atomic mass is 10.1. The second-order valence-corrected chi connectivity index (χ2v) is 3.70. The number of amides is 1. The number of benzene rings is 1. The van der Waals surface area contributed by atoms with Crippen LogP contribution in [0.5, 0.6) is 0 Å². The molecule has 0 saturated heterocycles. The molecule has 0 bridgehead atoms. The normalized spacial score (nSPS) is 18.5. The fourth-order valence-electron chi connectivity index (χ4n) is 1.52. The van der Waals surface area contributed by atoms with Gasteiger partial charge in [0.1, 0.15) is 12.4 Å². The van der Waals surface area contributed by atoms with Gasteiger partial charge >= 0.3 is 0 Å². The maximum atomic E-state index is 13.1. The van der Waals surface area contributed by atoms with Crippen LogP contribution in [0.1, 0.15) is 11.1 Å². The molecule has 1 aromatic rings. The van der Waals surface area contributed by atoms with Crippen molar-refractivity contribution in [2.24, 2.45) is 4.99 Å². The smallest absolute Gasteiger partial charge is 0.271 e. The van der Waals surface area contributed by atoms with Gasteiger partial charge in [-0.2, -0.15) is 0 Å². The quantitative estimate of drug-likeness (QED) is 0.591. The van der Waals surface area contributed by atoms with Crippen LogP contribution in [0.25, 0.3) is 0 Å². The first-order valence-corrected chi connectivity index (χ1v) is 5.03. The van der Waals surface area contributed by atoms with Crippen LogP contribution < -0.4 is 5.48 Å². The van der Waals surface area contributed by atoms with Crippen LogP contribution >= 0.6 is 0 Å². The Bertz CT molecular complexity index is 488. The molecule has 0 aromatic heterocycles. The largest absolute Gasteiger partial charge is 0.475 e. The Labute approximate surface area is 96.9 Å². The molecule has 0 radical (unpaired) electrons. The zero-order chi connectivity index (χ0) is 12.4. The van der Waals surface area contributed by atoms with Crippen molar-refractivity contribution in [3.63, 3.8) is 0 Å². The summed E-state index contributed by atoms with van der Waals surface area (Å²) >= 11 is 0. The topological polar surface area (TPSA) is 70.9 Å². The Hall–Kier alpha value is -1.95. The molecule has 90 valence electrons. The van der Waals surface area contributed by atoms with Gasteiger partial charge in [0.15, 0.2) is 6.04 Å². The van der Waals surface area contributed by atoms with Gasteiger partial charge in [-0.15, -0.1) is 0 Å². The van der Waals surface area contributed by atoms with Crippen molar-refractivity contribution >= 4 is 11.8 Å². The van der Waals surface area contributed by atoms with Crippen LogP contribution in [0.3, 0.4) is 0 Å². The SMILES string of the molecule is Cc1cc(C2=NC(C(=O)NO)CO2)ccc1F. The van der Waals surface area contributed by atoms with E-state index >= 15 is 0 Å². The average molecular weight is 238 g/mol. The van der Waals surface area contributed by atoms with E-state index in [1.807, 2.05) is 0 Å². The second kappa shape index (κ2) is 4.50. The maximum absolute atomic E-state index is 13.1. The van der Waals surface area contributed by atoms with Crippen LogP contribution in [0, 0.1) is 12.7 Å². The third-order valence-electron chi connectivity index (χ3n) is 2.47. The lowest BCUT2D eigenvalue weighted by Gasteiger charge is -2.02. The number of carbonyl (C=O) groups excluding carboxylic acids is 1. The standard InChI is InChI=1S/C11H11FN2O3/c1-6-4-7(2-3-8(6)12)11-13-9(5-17-11)10(15)14-16/h2-4,9,16H,5H2,1H3,(H,14,15). The minimum Gasteiger partial charge on any atom is -0.475 e. The Morgan fingerprint density at radius 1 is 1.65 bits per heavy atom. The van der Waals surface area contributed by atoms with Gasteiger partial charge in [-0.1, -0.05) is 0 Å². The highest BCUT2D eigenvalue weighted by molar-refractivity contribution is 5.98. The van der Waals surface area contributed by atoms with Gasteiger partial charge in [0.05, 0.1) is 0 Å². The second-order valence-electron chi connectivity index (χ2n) is 3.70. The van der Waals surface area contributed by atoms with Gasteiger partial charge < -0.3 is 4.74 Å². The summed E-state index contributed by atoms with van der Waals surface area (Å²) in [5.74, 6) is -0.655. The number of carbonyl (C=O) groups is 1. The van der Waals surface area contributed by atoms with Crippen LogP contribution in [0.2, 0.25) is 0 Å². The number of aryl methyl sites for hydroxylation is 1. The van der Waals surface area contributed by atoms with E-state index in [1.165, 1.54) is 17.6 Å². The van der Waals surface area contributed by atoms with Crippen molar-refractivity contribution in [1.82, 2.24) is 5.48 Å². The summed E-state index contributed by atoms with van der Waals surface area (Å²) in [6, 6.07) is 3.67. The van der Waals surface area contributed by atoms with Crippen LogP contribution in [0.4, 0.5) is 4.39 Å². The van der Waals surface area contributed by atoms with Gasteiger partial charge in [0.2, 0.25) is 5.90 Å². The molecule has 1 unspecified atom stereocenters. The number of aliphatic imine (C=N–C) groups is 1. The molecule has 1 aromatic carbocycles. The highest BCUT2D eigenvalue weighted by Crippen LogP contribution is 2.15. The van der Waals surface area contributed by atoms with Crippen molar-refractivity contribution in [2.45, 2.75) is 13.0 Å². The summed E-state index contributed by atoms with van der Waals surface area (Å²) in [6.45, 7) is 1.70. The van der Waals surface area contributed by atoms with Crippen LogP contribution in [-0.4, -0.2) is 29.7 Å². The third kappa shape index (κ3) is 2.26. The highest BCUT2D eigenvalue weighted by Gasteiger charge is 2.26. The fraction of sp³-hybridized carbons (Fsp3) is 0.273. The molecule has 6 heteroatoms. The molecule has 2 N–H and O–H groups in total. The lowest BCUT2D eigenvalue weighted by Crippen LogP contribution is -2.31. The van der Waals surface area contributed by atoms with E-state index in [0.29, 0.717) is 11.1 Å². The first-order chi connectivity index (χ1) is 8.11. The zero-order valence-electron chi connectivity index (χ0n) is 9.11. The summed E-state index contributed by atoms with van der Waals surface area (Å²) in [6.07, 6.45) is 0. The van der Waals surface area contributed by atoms with Gasteiger partial charge in [-0.05, 0) is 30.7 Å². The molecule has 0 fully saturated rings. The van der Waals surface area contributed by atoms with Gasteiger partial charge in [-0.25, -0.2) is 14.9 Å². The molecule has 1 amide bonds. The van der Waals surface area contributed by atoms with Gasteiger partial charge in [-0.3, -0.25) is 10.0 Å². The highest BCUT2D eigenvalue weighted by atomic mass is 19.1. The number of ether oxygens (including phenoxy) is 1. The molecule has 17 heavy (non-hydrogen) atoms. The molecule has 0 aliphatic carbocycles. The molecular formula is C11H11FN2O3. The van der Waals surface area contributed by atoms with E-state index in [4.69, 9.17) is 9.94 Å². The molecule has 1 aliphatic rings. The van der Waals surface area contributed by atoms with E-state index in [2.05, 4.69) is 4.99 Å². The van der Waals surface area contributed by atoms with Crippen molar-refractivity contribution in [2.75, 3.05) is 6.61 Å².